The third-order valence-electron chi connectivity index (χ3n) is 14.6. The Kier molecular flexibility index (Phi) is 9.00. The molecule has 2 saturated carbocycles. The van der Waals surface area contributed by atoms with Crippen molar-refractivity contribution in [3.8, 4) is 17.2 Å². The third kappa shape index (κ3) is 6.24. The summed E-state index contributed by atoms with van der Waals surface area (Å²) in [7, 11) is 1.71. The van der Waals surface area contributed by atoms with Gasteiger partial charge in [-0.25, -0.2) is 27.4 Å². The minimum Gasteiger partial charge on any atom is -0.376 e. The summed E-state index contributed by atoms with van der Waals surface area (Å²) in [5.74, 6) is -1.38. The Morgan fingerprint density at radius 2 is 1.77 bits per heavy atom. The number of aromatic amines is 1. The van der Waals surface area contributed by atoms with Crippen molar-refractivity contribution in [3.63, 3.8) is 0 Å². The van der Waals surface area contributed by atoms with Crippen LogP contribution in [-0.4, -0.2) is 72.0 Å². The molecule has 0 bridgehead atoms. The van der Waals surface area contributed by atoms with Gasteiger partial charge >= 0.3 is 11.4 Å². The van der Waals surface area contributed by atoms with Crippen molar-refractivity contribution in [1.82, 2.24) is 48.1 Å². The molecule has 0 amide bonds. The van der Waals surface area contributed by atoms with Gasteiger partial charge in [-0.3, -0.25) is 28.2 Å². The molecule has 1 saturated heterocycles. The molecule has 2 N–H and O–H groups in total. The predicted octanol–water partition coefficient (Wildman–Crippen LogP) is 7.29. The van der Waals surface area contributed by atoms with E-state index in [0.29, 0.717) is 83.8 Å². The number of hydrogen-bond donors (Lipinski definition) is 2. The molecule has 2 aliphatic heterocycles. The number of aromatic nitrogens is 9. The first-order valence-electron chi connectivity index (χ1n) is 22.5. The summed E-state index contributed by atoms with van der Waals surface area (Å²) in [5, 5.41) is 26.5. The lowest BCUT2D eigenvalue weighted by atomic mass is 9.84. The SMILES string of the molecule is C[C@H]1c2c(nn(-c3ccc(F)c(C4CC4)c3)c2-n2ccn(-c3ccc4c(cnn4C)c3F)c2=O)CCN1C(O)c1cn2cc([C@@H]3CCOC(C)(C)C3)cc(F)c2c1C1(c2noc(=O)[nH]2)CC1. The number of ether oxygens (including phenoxy) is 1. The Balaban J connectivity index is 1.00. The Hall–Kier alpha value is -6.50. The summed E-state index contributed by atoms with van der Waals surface area (Å²) in [6.07, 6.45) is 11.4. The van der Waals surface area contributed by atoms with E-state index in [4.69, 9.17) is 14.4 Å². The summed E-state index contributed by atoms with van der Waals surface area (Å²) in [5.41, 5.74) is 3.14. The number of rotatable bonds is 9. The van der Waals surface area contributed by atoms with Crippen molar-refractivity contribution in [1.29, 1.82) is 0 Å². The molecule has 8 heterocycles. The van der Waals surface area contributed by atoms with Crippen LogP contribution in [0.1, 0.15) is 123 Å². The van der Waals surface area contributed by atoms with Crippen LogP contribution in [0.4, 0.5) is 13.2 Å². The summed E-state index contributed by atoms with van der Waals surface area (Å²) in [4.78, 5) is 31.7. The van der Waals surface area contributed by atoms with Crippen LogP contribution in [0.15, 0.2) is 81.5 Å². The second-order valence-electron chi connectivity index (χ2n) is 19.2. The van der Waals surface area contributed by atoms with Gasteiger partial charge in [0.05, 0.1) is 50.7 Å². The molecule has 340 valence electrons. The average Bonchev–Trinajstić information content (AvgIpc) is 4.03. The first-order valence-corrected chi connectivity index (χ1v) is 22.5. The first-order chi connectivity index (χ1) is 31.7. The van der Waals surface area contributed by atoms with Crippen molar-refractivity contribution < 1.29 is 27.5 Å². The van der Waals surface area contributed by atoms with Gasteiger partial charge in [0.1, 0.15) is 23.7 Å². The van der Waals surface area contributed by atoms with E-state index < -0.39 is 40.8 Å². The molecule has 0 spiro atoms. The van der Waals surface area contributed by atoms with E-state index in [1.807, 2.05) is 31.9 Å². The minimum atomic E-state index is -1.32. The summed E-state index contributed by atoms with van der Waals surface area (Å²) in [6.45, 7) is 6.85. The normalized spacial score (nSPS) is 20.9. The maximum atomic E-state index is 16.9. The molecule has 8 aromatic rings. The minimum absolute atomic E-state index is 0.0359. The highest BCUT2D eigenvalue weighted by atomic mass is 19.1. The Bertz CT molecular complexity index is 3400. The van der Waals surface area contributed by atoms with Crippen molar-refractivity contribution in [2.24, 2.45) is 7.05 Å². The number of hydrogen-bond acceptors (Lipinski definition) is 9. The summed E-state index contributed by atoms with van der Waals surface area (Å²) >= 11 is 0. The fourth-order valence-corrected chi connectivity index (χ4v) is 11.0. The Morgan fingerprint density at radius 3 is 2.52 bits per heavy atom. The first kappa shape index (κ1) is 41.0. The Morgan fingerprint density at radius 1 is 0.970 bits per heavy atom. The fourth-order valence-electron chi connectivity index (χ4n) is 11.0. The highest BCUT2D eigenvalue weighted by molar-refractivity contribution is 5.81. The number of pyridine rings is 1. The standard InChI is InChI=1S/C48H47F3N10O5/c1-25-38-35(54-61(29-7-8-33(49)30(20-29)26-5-6-26)42(38)60-17-16-59(46(60)64)37-10-9-36-31(40(37)51)22-52-56(36)4)11-15-58(25)43(62)32-24-57-23-28(27-12-18-65-47(2,3)21-27)19-34(50)41(57)39(32)48(13-14-48)44-53-45(63)66-55-44/h7-10,16-17,19-20,22-27,43,62H,5-6,11-15,18,21H2,1-4H3,(H,53,55,63)/t25-,27+,43?/m0/s1. The molecule has 15 nitrogen and oxygen atoms in total. The third-order valence-corrected chi connectivity index (χ3v) is 14.6. The Labute approximate surface area is 374 Å². The fraction of sp³-hybridized carbons (Fsp3) is 0.396. The number of aliphatic hydroxyl groups is 1. The van der Waals surface area contributed by atoms with E-state index in [1.54, 1.807) is 57.5 Å². The number of nitrogens with zero attached hydrogens (tertiary/aromatic N) is 9. The maximum absolute atomic E-state index is 16.9. The lowest BCUT2D eigenvalue weighted by Crippen LogP contribution is -2.38. The van der Waals surface area contributed by atoms with Gasteiger partial charge < -0.3 is 14.2 Å². The summed E-state index contributed by atoms with van der Waals surface area (Å²) < 4.78 is 66.9. The molecule has 3 atom stereocenters. The van der Waals surface area contributed by atoms with Gasteiger partial charge in [0, 0.05) is 74.1 Å². The van der Waals surface area contributed by atoms with Gasteiger partial charge in [0.25, 0.3) is 0 Å². The number of benzene rings is 2. The van der Waals surface area contributed by atoms with Crippen LogP contribution in [0, 0.1) is 17.5 Å². The van der Waals surface area contributed by atoms with Gasteiger partial charge in [0.2, 0.25) is 0 Å². The van der Waals surface area contributed by atoms with Gasteiger partial charge in [-0.2, -0.15) is 10.2 Å². The molecule has 4 aliphatic rings. The second-order valence-corrected chi connectivity index (χ2v) is 19.2. The number of fused-ring (bicyclic) bond motifs is 3. The number of nitrogens with one attached hydrogen (secondary N) is 1. The lowest BCUT2D eigenvalue weighted by Gasteiger charge is -2.37. The highest BCUT2D eigenvalue weighted by Crippen LogP contribution is 2.57. The van der Waals surface area contributed by atoms with Crippen molar-refractivity contribution >= 4 is 16.4 Å². The molecule has 6 aromatic heterocycles. The quantitative estimate of drug-likeness (QED) is 0.152. The zero-order valence-electron chi connectivity index (χ0n) is 36.8. The number of imidazole rings is 1. The molecule has 12 rings (SSSR count). The molecular weight excluding hydrogens is 854 g/mol. The van der Waals surface area contributed by atoms with Crippen LogP contribution in [0.2, 0.25) is 0 Å². The molecular formula is C48H47F3N10O5. The van der Waals surface area contributed by atoms with Crippen LogP contribution in [0.25, 0.3) is 33.6 Å². The van der Waals surface area contributed by atoms with Gasteiger partial charge in [-0.05, 0) is 119 Å². The molecule has 18 heteroatoms. The molecule has 2 aromatic carbocycles. The average molecular weight is 901 g/mol. The molecule has 0 radical (unpaired) electrons. The number of aryl methyl sites for hydroxylation is 1. The van der Waals surface area contributed by atoms with Crippen LogP contribution < -0.4 is 11.4 Å². The van der Waals surface area contributed by atoms with Crippen molar-refractivity contribution in [2.75, 3.05) is 13.2 Å². The van der Waals surface area contributed by atoms with E-state index in [1.165, 1.54) is 33.7 Å². The van der Waals surface area contributed by atoms with Crippen molar-refractivity contribution in [2.45, 2.75) is 101 Å². The molecule has 2 aliphatic carbocycles. The highest BCUT2D eigenvalue weighted by Gasteiger charge is 2.54. The van der Waals surface area contributed by atoms with E-state index in [2.05, 4.69) is 15.2 Å². The maximum Gasteiger partial charge on any atom is 0.438 e. The smallest absolute Gasteiger partial charge is 0.376 e. The summed E-state index contributed by atoms with van der Waals surface area (Å²) in [6, 6.07) is 9.03. The molecule has 66 heavy (non-hydrogen) atoms. The van der Waals surface area contributed by atoms with Gasteiger partial charge in [-0.15, -0.1) is 0 Å². The van der Waals surface area contributed by atoms with E-state index in [9.17, 15) is 14.7 Å². The monoisotopic (exact) mass is 900 g/mol. The zero-order chi connectivity index (χ0) is 45.6. The largest absolute Gasteiger partial charge is 0.438 e. The van der Waals surface area contributed by atoms with Crippen LogP contribution in [0.5, 0.6) is 0 Å². The van der Waals surface area contributed by atoms with Crippen LogP contribution >= 0.6 is 0 Å². The molecule has 3 fully saturated rings. The topological polar surface area (TPSA) is 159 Å². The van der Waals surface area contributed by atoms with Crippen LogP contribution in [0.3, 0.4) is 0 Å². The predicted molar refractivity (Wildman–Crippen MR) is 235 cm³/mol. The van der Waals surface area contributed by atoms with E-state index in [0.717, 1.165) is 24.8 Å². The molecule has 1 unspecified atom stereocenters. The lowest BCUT2D eigenvalue weighted by molar-refractivity contribution is -0.0593. The van der Waals surface area contributed by atoms with Crippen LogP contribution in [-0.2, 0) is 23.6 Å². The zero-order valence-corrected chi connectivity index (χ0v) is 36.8. The van der Waals surface area contributed by atoms with E-state index in [-0.39, 0.29) is 45.7 Å². The number of H-pyrrole nitrogens is 1. The van der Waals surface area contributed by atoms with Crippen molar-refractivity contribution in [3.05, 3.63) is 145 Å². The second kappa shape index (κ2) is 14.5. The number of halogens is 3. The van der Waals surface area contributed by atoms with Gasteiger partial charge in [0.15, 0.2) is 11.6 Å². The van der Waals surface area contributed by atoms with Gasteiger partial charge in [-0.1, -0.05) is 5.16 Å². The van der Waals surface area contributed by atoms with E-state index >= 15 is 13.2 Å². The number of aliphatic hydroxyl groups excluding tert-OH is 1.